The standard InChI is InChI=1S/C16H24N2O3.ClH/c1-11(17)12-6-8-18(9-7-12)16(19)13-4-5-14(20-2)15(10-13)21-3;/h4-5,10-12H,6-9,17H2,1-3H3;1H. The van der Waals surface area contributed by atoms with E-state index in [2.05, 4.69) is 0 Å². The molecule has 0 saturated carbocycles. The van der Waals surface area contributed by atoms with Crippen molar-refractivity contribution in [2.45, 2.75) is 25.8 Å². The van der Waals surface area contributed by atoms with Crippen molar-refractivity contribution in [2.24, 2.45) is 11.7 Å². The van der Waals surface area contributed by atoms with Gasteiger partial charge in [0.05, 0.1) is 14.2 Å². The number of carbonyl (C=O) groups is 1. The van der Waals surface area contributed by atoms with E-state index in [1.54, 1.807) is 32.4 Å². The number of nitrogens with zero attached hydrogens (tertiary/aromatic N) is 1. The van der Waals surface area contributed by atoms with Crippen molar-refractivity contribution >= 4 is 18.3 Å². The molecule has 22 heavy (non-hydrogen) atoms. The highest BCUT2D eigenvalue weighted by Gasteiger charge is 2.25. The normalized spacial score (nSPS) is 16.6. The molecule has 0 spiro atoms. The molecular weight excluding hydrogens is 304 g/mol. The summed E-state index contributed by atoms with van der Waals surface area (Å²) < 4.78 is 10.4. The molecule has 2 N–H and O–H groups in total. The largest absolute Gasteiger partial charge is 0.493 e. The molecule has 5 nitrogen and oxygen atoms in total. The maximum atomic E-state index is 12.5. The monoisotopic (exact) mass is 328 g/mol. The van der Waals surface area contributed by atoms with Crippen molar-refractivity contribution in [3.8, 4) is 11.5 Å². The lowest BCUT2D eigenvalue weighted by atomic mass is 9.90. The molecule has 0 aliphatic carbocycles. The van der Waals surface area contributed by atoms with Crippen LogP contribution in [0.2, 0.25) is 0 Å². The molecule has 124 valence electrons. The molecule has 0 bridgehead atoms. The molecule has 1 amide bonds. The average Bonchev–Trinajstić information content (AvgIpc) is 2.53. The van der Waals surface area contributed by atoms with Gasteiger partial charge in [-0.3, -0.25) is 4.79 Å². The Balaban J connectivity index is 0.00000242. The summed E-state index contributed by atoms with van der Waals surface area (Å²) in [5.41, 5.74) is 6.57. The molecule has 1 atom stereocenters. The minimum atomic E-state index is 0. The SMILES string of the molecule is COc1ccc(C(=O)N2CCC(C(C)N)CC2)cc1OC.Cl. The summed E-state index contributed by atoms with van der Waals surface area (Å²) in [6, 6.07) is 5.48. The van der Waals surface area contributed by atoms with E-state index in [4.69, 9.17) is 15.2 Å². The first-order valence-corrected chi connectivity index (χ1v) is 7.33. The number of nitrogens with two attached hydrogens (primary N) is 1. The van der Waals surface area contributed by atoms with Crippen molar-refractivity contribution in [3.63, 3.8) is 0 Å². The molecule has 1 fully saturated rings. The predicted molar refractivity (Wildman–Crippen MR) is 89.1 cm³/mol. The van der Waals surface area contributed by atoms with Gasteiger partial charge >= 0.3 is 0 Å². The van der Waals surface area contributed by atoms with Gasteiger partial charge in [0, 0.05) is 24.7 Å². The summed E-state index contributed by atoms with van der Waals surface area (Å²) in [6.07, 6.45) is 1.94. The number of hydrogen-bond acceptors (Lipinski definition) is 4. The van der Waals surface area contributed by atoms with Crippen LogP contribution in [0, 0.1) is 5.92 Å². The van der Waals surface area contributed by atoms with Crippen molar-refractivity contribution < 1.29 is 14.3 Å². The fraction of sp³-hybridized carbons (Fsp3) is 0.562. The second-order valence-electron chi connectivity index (χ2n) is 5.56. The Morgan fingerprint density at radius 3 is 2.32 bits per heavy atom. The summed E-state index contributed by atoms with van der Waals surface area (Å²) in [6.45, 7) is 3.56. The van der Waals surface area contributed by atoms with E-state index >= 15 is 0 Å². The topological polar surface area (TPSA) is 64.8 Å². The number of amides is 1. The van der Waals surface area contributed by atoms with Gasteiger partial charge in [0.25, 0.3) is 5.91 Å². The summed E-state index contributed by atoms with van der Waals surface area (Å²) in [5, 5.41) is 0. The van der Waals surface area contributed by atoms with E-state index in [9.17, 15) is 4.79 Å². The fourth-order valence-electron chi connectivity index (χ4n) is 2.78. The predicted octanol–water partition coefficient (Wildman–Crippen LogP) is 2.33. The minimum Gasteiger partial charge on any atom is -0.493 e. The highest BCUT2D eigenvalue weighted by Crippen LogP contribution is 2.29. The molecule has 1 aromatic carbocycles. The zero-order valence-electron chi connectivity index (χ0n) is 13.4. The smallest absolute Gasteiger partial charge is 0.253 e. The number of carbonyl (C=O) groups excluding carboxylic acids is 1. The van der Waals surface area contributed by atoms with Crippen LogP contribution in [0.1, 0.15) is 30.1 Å². The molecule has 1 aliphatic rings. The van der Waals surface area contributed by atoms with Crippen molar-refractivity contribution in [1.82, 2.24) is 4.90 Å². The van der Waals surface area contributed by atoms with E-state index < -0.39 is 0 Å². The molecule has 1 saturated heterocycles. The van der Waals surface area contributed by atoms with E-state index in [1.807, 2.05) is 11.8 Å². The second-order valence-corrected chi connectivity index (χ2v) is 5.56. The van der Waals surface area contributed by atoms with E-state index in [0.29, 0.717) is 23.0 Å². The summed E-state index contributed by atoms with van der Waals surface area (Å²) in [5.74, 6) is 1.76. The summed E-state index contributed by atoms with van der Waals surface area (Å²) in [7, 11) is 3.15. The van der Waals surface area contributed by atoms with Crippen LogP contribution < -0.4 is 15.2 Å². The first-order valence-electron chi connectivity index (χ1n) is 7.33. The number of hydrogen-bond donors (Lipinski definition) is 1. The molecule has 0 aromatic heterocycles. The van der Waals surface area contributed by atoms with Crippen LogP contribution in [0.15, 0.2) is 18.2 Å². The van der Waals surface area contributed by atoms with Crippen LogP contribution in [0.4, 0.5) is 0 Å². The third-order valence-corrected chi connectivity index (χ3v) is 4.20. The minimum absolute atomic E-state index is 0. The number of likely N-dealkylation sites (tertiary alicyclic amines) is 1. The zero-order valence-corrected chi connectivity index (χ0v) is 14.2. The lowest BCUT2D eigenvalue weighted by Crippen LogP contribution is -2.42. The summed E-state index contributed by atoms with van der Waals surface area (Å²) >= 11 is 0. The lowest BCUT2D eigenvalue weighted by molar-refractivity contribution is 0.0680. The van der Waals surface area contributed by atoms with Crippen LogP contribution in [0.3, 0.4) is 0 Å². The zero-order chi connectivity index (χ0) is 15.4. The Bertz CT molecular complexity index is 500. The van der Waals surface area contributed by atoms with Crippen LogP contribution >= 0.6 is 12.4 Å². The quantitative estimate of drug-likeness (QED) is 0.921. The van der Waals surface area contributed by atoms with Gasteiger partial charge in [0.15, 0.2) is 11.5 Å². The van der Waals surface area contributed by atoms with Gasteiger partial charge in [-0.05, 0) is 43.9 Å². The number of benzene rings is 1. The average molecular weight is 329 g/mol. The van der Waals surface area contributed by atoms with E-state index in [0.717, 1.165) is 25.9 Å². The van der Waals surface area contributed by atoms with Gasteiger partial charge in [-0.15, -0.1) is 12.4 Å². The maximum Gasteiger partial charge on any atom is 0.253 e. The Morgan fingerprint density at radius 2 is 1.82 bits per heavy atom. The Morgan fingerprint density at radius 1 is 1.23 bits per heavy atom. The van der Waals surface area contributed by atoms with Crippen LogP contribution in [0.25, 0.3) is 0 Å². The molecule has 6 heteroatoms. The number of halogens is 1. The van der Waals surface area contributed by atoms with Crippen LogP contribution in [-0.4, -0.2) is 44.2 Å². The van der Waals surface area contributed by atoms with Gasteiger partial charge in [0.1, 0.15) is 0 Å². The Kier molecular flexibility index (Phi) is 6.97. The van der Waals surface area contributed by atoms with Gasteiger partial charge in [0.2, 0.25) is 0 Å². The first-order chi connectivity index (χ1) is 10.1. The van der Waals surface area contributed by atoms with Crippen molar-refractivity contribution in [1.29, 1.82) is 0 Å². The van der Waals surface area contributed by atoms with E-state index in [1.165, 1.54) is 0 Å². The van der Waals surface area contributed by atoms with Gasteiger partial charge in [-0.1, -0.05) is 0 Å². The van der Waals surface area contributed by atoms with Gasteiger partial charge in [-0.2, -0.15) is 0 Å². The van der Waals surface area contributed by atoms with Crippen molar-refractivity contribution in [2.75, 3.05) is 27.3 Å². The third-order valence-electron chi connectivity index (χ3n) is 4.20. The molecule has 1 unspecified atom stereocenters. The van der Waals surface area contributed by atoms with Crippen LogP contribution in [-0.2, 0) is 0 Å². The lowest BCUT2D eigenvalue weighted by Gasteiger charge is -2.33. The number of rotatable bonds is 4. The highest BCUT2D eigenvalue weighted by atomic mass is 35.5. The number of methoxy groups -OCH3 is 2. The Hall–Kier alpha value is -1.46. The first kappa shape index (κ1) is 18.6. The molecule has 0 radical (unpaired) electrons. The second kappa shape index (κ2) is 8.25. The number of ether oxygens (including phenoxy) is 2. The highest BCUT2D eigenvalue weighted by molar-refractivity contribution is 5.95. The molecular formula is C16H25ClN2O3. The number of piperidine rings is 1. The molecule has 1 aliphatic heterocycles. The van der Waals surface area contributed by atoms with Gasteiger partial charge < -0.3 is 20.1 Å². The fourth-order valence-corrected chi connectivity index (χ4v) is 2.78. The maximum absolute atomic E-state index is 12.5. The third kappa shape index (κ3) is 4.05. The van der Waals surface area contributed by atoms with Crippen molar-refractivity contribution in [3.05, 3.63) is 23.8 Å². The Labute approximate surface area is 138 Å². The van der Waals surface area contributed by atoms with E-state index in [-0.39, 0.29) is 24.4 Å². The summed E-state index contributed by atoms with van der Waals surface area (Å²) in [4.78, 5) is 14.4. The molecule has 1 heterocycles. The van der Waals surface area contributed by atoms with Crippen LogP contribution in [0.5, 0.6) is 11.5 Å². The van der Waals surface area contributed by atoms with Gasteiger partial charge in [-0.25, -0.2) is 0 Å². The molecule has 1 aromatic rings. The molecule has 2 rings (SSSR count).